The van der Waals surface area contributed by atoms with Crippen molar-refractivity contribution in [1.29, 1.82) is 0 Å². The Morgan fingerprint density at radius 1 is 1.15 bits per heavy atom. The van der Waals surface area contributed by atoms with E-state index in [2.05, 4.69) is 0 Å². The number of fused-ring (bicyclic) bond motifs is 2. The van der Waals surface area contributed by atoms with Crippen molar-refractivity contribution < 1.29 is 9.90 Å². The van der Waals surface area contributed by atoms with Crippen molar-refractivity contribution >= 4 is 28.2 Å². The zero-order valence-corrected chi connectivity index (χ0v) is 15.6. The summed E-state index contributed by atoms with van der Waals surface area (Å²) < 4.78 is 1.42. The maximum Gasteiger partial charge on any atom is 0.267 e. The fourth-order valence-electron chi connectivity index (χ4n) is 3.67. The number of nitrogens with zero attached hydrogens (tertiary/aromatic N) is 3. The second-order valence-corrected chi connectivity index (χ2v) is 7.02. The number of aryl methyl sites for hydroxylation is 1. The molecule has 0 bridgehead atoms. The van der Waals surface area contributed by atoms with Crippen LogP contribution < -0.4 is 15.4 Å². The Morgan fingerprint density at radius 2 is 1.89 bits per heavy atom. The van der Waals surface area contributed by atoms with Gasteiger partial charge in [0.05, 0.1) is 5.52 Å². The highest BCUT2D eigenvalue weighted by molar-refractivity contribution is 6.11. The Hall–Kier alpha value is -3.28. The Kier molecular flexibility index (Phi) is 3.91. The lowest BCUT2D eigenvalue weighted by molar-refractivity contribution is 0.0985. The van der Waals surface area contributed by atoms with Gasteiger partial charge in [-0.3, -0.25) is 9.59 Å². The summed E-state index contributed by atoms with van der Waals surface area (Å²) in [6.07, 6.45) is 0.737. The highest BCUT2D eigenvalue weighted by atomic mass is 16.3. The summed E-state index contributed by atoms with van der Waals surface area (Å²) in [7, 11) is 5.41. The smallest absolute Gasteiger partial charge is 0.267 e. The number of pyridine rings is 1. The molecular formula is C21H21N3O3. The number of carbonyl (C=O) groups is 1. The van der Waals surface area contributed by atoms with Crippen LogP contribution in [0.2, 0.25) is 0 Å². The number of rotatable bonds is 2. The fourth-order valence-corrected chi connectivity index (χ4v) is 3.67. The first-order valence-electron chi connectivity index (χ1n) is 8.83. The summed E-state index contributed by atoms with van der Waals surface area (Å²) in [5.41, 5.74) is 2.65. The number of hydrogen-bond donors (Lipinski definition) is 1. The summed E-state index contributed by atoms with van der Waals surface area (Å²) in [5, 5.41) is 11.3. The Bertz CT molecular complexity index is 1130. The second-order valence-electron chi connectivity index (χ2n) is 7.02. The van der Waals surface area contributed by atoms with Gasteiger partial charge in [-0.2, -0.15) is 0 Å². The van der Waals surface area contributed by atoms with E-state index in [1.54, 1.807) is 24.1 Å². The number of aromatic hydroxyl groups is 1. The van der Waals surface area contributed by atoms with Gasteiger partial charge < -0.3 is 19.5 Å². The molecule has 0 fully saturated rings. The largest absolute Gasteiger partial charge is 0.506 e. The lowest BCUT2D eigenvalue weighted by Gasteiger charge is -2.20. The van der Waals surface area contributed by atoms with Crippen LogP contribution in [0.25, 0.3) is 10.9 Å². The zero-order chi connectivity index (χ0) is 19.3. The van der Waals surface area contributed by atoms with Gasteiger partial charge in [0, 0.05) is 44.4 Å². The molecule has 0 radical (unpaired) electrons. The van der Waals surface area contributed by atoms with E-state index in [-0.39, 0.29) is 11.3 Å². The normalized spacial score (nSPS) is 13.1. The standard InChI is InChI=1S/C21H21N3O3/c1-22(2)14-8-9-17-15(12-14)19(25)18(20(26)23(17)3)21(27)24-11-10-13-6-4-5-7-16(13)24/h4-9,12,25H,10-11H2,1-3H3. The minimum Gasteiger partial charge on any atom is -0.506 e. The minimum absolute atomic E-state index is 0.183. The van der Waals surface area contributed by atoms with Gasteiger partial charge in [-0.25, -0.2) is 0 Å². The molecule has 0 atom stereocenters. The third-order valence-corrected chi connectivity index (χ3v) is 5.21. The van der Waals surface area contributed by atoms with Crippen molar-refractivity contribution in [1.82, 2.24) is 4.57 Å². The van der Waals surface area contributed by atoms with Gasteiger partial charge in [-0.1, -0.05) is 18.2 Å². The van der Waals surface area contributed by atoms with Gasteiger partial charge >= 0.3 is 0 Å². The number of para-hydroxylation sites is 1. The first kappa shape index (κ1) is 17.1. The molecule has 1 aliphatic rings. The molecule has 1 N–H and O–H groups in total. The molecule has 4 rings (SSSR count). The van der Waals surface area contributed by atoms with Crippen LogP contribution >= 0.6 is 0 Å². The molecule has 2 heterocycles. The summed E-state index contributed by atoms with van der Waals surface area (Å²) in [6.45, 7) is 0.497. The molecule has 0 spiro atoms. The summed E-state index contributed by atoms with van der Waals surface area (Å²) >= 11 is 0. The van der Waals surface area contributed by atoms with Gasteiger partial charge in [0.2, 0.25) is 0 Å². The molecular weight excluding hydrogens is 342 g/mol. The van der Waals surface area contributed by atoms with Crippen LogP contribution in [0, 0.1) is 0 Å². The monoisotopic (exact) mass is 363 g/mol. The van der Waals surface area contributed by atoms with E-state index in [1.165, 1.54) is 4.57 Å². The highest BCUT2D eigenvalue weighted by Crippen LogP contribution is 2.33. The van der Waals surface area contributed by atoms with Crippen LogP contribution in [0.3, 0.4) is 0 Å². The highest BCUT2D eigenvalue weighted by Gasteiger charge is 2.30. The van der Waals surface area contributed by atoms with Crippen LogP contribution in [0.4, 0.5) is 11.4 Å². The molecule has 27 heavy (non-hydrogen) atoms. The minimum atomic E-state index is -0.494. The molecule has 6 heteroatoms. The van der Waals surface area contributed by atoms with Gasteiger partial charge in [0.25, 0.3) is 11.5 Å². The van der Waals surface area contributed by atoms with Crippen LogP contribution in [0.1, 0.15) is 15.9 Å². The van der Waals surface area contributed by atoms with Gasteiger partial charge in [-0.05, 0) is 36.2 Å². The molecule has 2 aromatic carbocycles. The van der Waals surface area contributed by atoms with Crippen LogP contribution in [0.15, 0.2) is 47.3 Å². The third-order valence-electron chi connectivity index (χ3n) is 5.21. The van der Waals surface area contributed by atoms with Crippen molar-refractivity contribution in [2.45, 2.75) is 6.42 Å². The summed E-state index contributed by atoms with van der Waals surface area (Å²) in [5.74, 6) is -0.721. The topological polar surface area (TPSA) is 65.8 Å². The van der Waals surface area contributed by atoms with E-state index < -0.39 is 11.5 Å². The van der Waals surface area contributed by atoms with E-state index in [0.717, 1.165) is 23.4 Å². The van der Waals surface area contributed by atoms with E-state index in [9.17, 15) is 14.7 Å². The zero-order valence-electron chi connectivity index (χ0n) is 15.6. The number of carbonyl (C=O) groups excluding carboxylic acids is 1. The van der Waals surface area contributed by atoms with Crippen molar-refractivity contribution in [2.24, 2.45) is 7.05 Å². The fraction of sp³-hybridized carbons (Fsp3) is 0.238. The first-order valence-corrected chi connectivity index (χ1v) is 8.83. The van der Waals surface area contributed by atoms with Crippen LogP contribution in [-0.2, 0) is 13.5 Å². The lowest BCUT2D eigenvalue weighted by Crippen LogP contribution is -2.35. The van der Waals surface area contributed by atoms with E-state index in [4.69, 9.17) is 0 Å². The van der Waals surface area contributed by atoms with Crippen molar-refractivity contribution in [3.05, 3.63) is 63.9 Å². The molecule has 1 aromatic heterocycles. The van der Waals surface area contributed by atoms with Crippen molar-refractivity contribution in [2.75, 3.05) is 30.4 Å². The average molecular weight is 363 g/mol. The number of benzene rings is 2. The van der Waals surface area contributed by atoms with Gasteiger partial charge in [0.1, 0.15) is 11.3 Å². The third kappa shape index (κ3) is 2.56. The Labute approximate surface area is 156 Å². The van der Waals surface area contributed by atoms with Gasteiger partial charge in [-0.15, -0.1) is 0 Å². The predicted octanol–water partition coefficient (Wildman–Crippen LogP) is 2.51. The number of amides is 1. The average Bonchev–Trinajstić information content (AvgIpc) is 3.10. The summed E-state index contributed by atoms with van der Waals surface area (Å²) in [6, 6.07) is 13.1. The first-order chi connectivity index (χ1) is 12.9. The van der Waals surface area contributed by atoms with Gasteiger partial charge in [0.15, 0.2) is 0 Å². The SMILES string of the molecule is CN(C)c1ccc2c(c1)c(O)c(C(=O)N1CCc3ccccc31)c(=O)n2C. The molecule has 1 amide bonds. The van der Waals surface area contributed by atoms with Crippen molar-refractivity contribution in [3.63, 3.8) is 0 Å². The molecule has 3 aromatic rings. The Morgan fingerprint density at radius 3 is 2.63 bits per heavy atom. The summed E-state index contributed by atoms with van der Waals surface area (Å²) in [4.78, 5) is 29.6. The quantitative estimate of drug-likeness (QED) is 0.760. The molecule has 0 saturated heterocycles. The molecule has 0 saturated carbocycles. The van der Waals surface area contributed by atoms with E-state index >= 15 is 0 Å². The maximum absolute atomic E-state index is 13.2. The van der Waals surface area contributed by atoms with Crippen molar-refractivity contribution in [3.8, 4) is 5.75 Å². The molecule has 138 valence electrons. The van der Waals surface area contributed by atoms with Crippen LogP contribution in [0.5, 0.6) is 5.75 Å². The Balaban J connectivity index is 1.92. The molecule has 1 aliphatic heterocycles. The predicted molar refractivity (Wildman–Crippen MR) is 107 cm³/mol. The van der Waals surface area contributed by atoms with Crippen LogP contribution in [-0.4, -0.2) is 36.2 Å². The number of anilines is 2. The molecule has 0 aliphatic carbocycles. The number of aromatic nitrogens is 1. The second kappa shape index (κ2) is 6.16. The molecule has 6 nitrogen and oxygen atoms in total. The maximum atomic E-state index is 13.2. The van der Waals surface area contributed by atoms with E-state index in [0.29, 0.717) is 17.4 Å². The van der Waals surface area contributed by atoms with E-state index in [1.807, 2.05) is 49.3 Å². The molecule has 0 unspecified atom stereocenters. The lowest BCUT2D eigenvalue weighted by atomic mass is 10.1. The number of hydrogen-bond acceptors (Lipinski definition) is 4.